The largest absolute Gasteiger partial charge is 0.497 e. The van der Waals surface area contributed by atoms with Gasteiger partial charge in [0.05, 0.1) is 25.0 Å². The fraction of sp³-hybridized carbons (Fsp3) is 0.320. The van der Waals surface area contributed by atoms with Crippen LogP contribution < -0.4 is 20.1 Å². The second kappa shape index (κ2) is 8.86. The van der Waals surface area contributed by atoms with E-state index in [0.29, 0.717) is 36.8 Å². The zero-order valence-electron chi connectivity index (χ0n) is 18.9. The van der Waals surface area contributed by atoms with E-state index in [-0.39, 0.29) is 11.2 Å². The minimum atomic E-state index is -0.147. The Hall–Kier alpha value is -3.61. The molecule has 0 amide bonds. The van der Waals surface area contributed by atoms with Crippen LogP contribution in [0.5, 0.6) is 11.5 Å². The number of hydrogen-bond acceptors (Lipinski definition) is 7. The maximum atomic E-state index is 13.0. The molecule has 0 saturated carbocycles. The average molecular weight is 433 g/mol. The van der Waals surface area contributed by atoms with Gasteiger partial charge in [-0.15, -0.1) is 0 Å². The molecule has 0 aliphatic heterocycles. The predicted molar refractivity (Wildman–Crippen MR) is 126 cm³/mol. The number of carbonyl (C=O) groups is 1. The van der Waals surface area contributed by atoms with Crippen molar-refractivity contribution in [3.05, 3.63) is 59.8 Å². The molecular formula is C25H28N4O3. The Morgan fingerprint density at radius 2 is 1.53 bits per heavy atom. The van der Waals surface area contributed by atoms with Crippen molar-refractivity contribution in [3.8, 4) is 11.5 Å². The van der Waals surface area contributed by atoms with Crippen LogP contribution in [0.4, 0.5) is 23.1 Å². The Kier molecular flexibility index (Phi) is 5.99. The monoisotopic (exact) mass is 432 g/mol. The number of ether oxygens (including phenoxy) is 2. The summed E-state index contributed by atoms with van der Waals surface area (Å²) in [6, 6.07) is 15.1. The highest BCUT2D eigenvalue weighted by molar-refractivity contribution is 6.03. The van der Waals surface area contributed by atoms with Gasteiger partial charge >= 0.3 is 0 Å². The van der Waals surface area contributed by atoms with E-state index in [1.165, 1.54) is 0 Å². The number of Topliss-reactive ketones (excluding diaryl/α,β-unsaturated/α-hetero) is 1. The molecule has 1 aliphatic rings. The van der Waals surface area contributed by atoms with E-state index in [0.717, 1.165) is 28.6 Å². The van der Waals surface area contributed by atoms with Crippen molar-refractivity contribution in [1.29, 1.82) is 0 Å². The number of ketones is 1. The van der Waals surface area contributed by atoms with Crippen LogP contribution in [0.15, 0.2) is 48.5 Å². The Labute approximate surface area is 188 Å². The van der Waals surface area contributed by atoms with Gasteiger partial charge in [-0.25, -0.2) is 4.98 Å². The third kappa shape index (κ3) is 4.82. The molecule has 1 aromatic heterocycles. The lowest BCUT2D eigenvalue weighted by atomic mass is 9.75. The van der Waals surface area contributed by atoms with Crippen LogP contribution in [0.1, 0.15) is 43.2 Å². The van der Waals surface area contributed by atoms with E-state index in [1.54, 1.807) is 7.11 Å². The molecule has 0 saturated heterocycles. The number of anilines is 4. The molecule has 0 radical (unpaired) electrons. The van der Waals surface area contributed by atoms with E-state index in [9.17, 15) is 4.79 Å². The van der Waals surface area contributed by atoms with Crippen molar-refractivity contribution in [1.82, 2.24) is 9.97 Å². The van der Waals surface area contributed by atoms with Gasteiger partial charge in [-0.1, -0.05) is 13.8 Å². The fourth-order valence-electron chi connectivity index (χ4n) is 3.85. The van der Waals surface area contributed by atoms with Crippen molar-refractivity contribution in [3.63, 3.8) is 0 Å². The molecule has 4 rings (SSSR count). The zero-order chi connectivity index (χ0) is 22.7. The van der Waals surface area contributed by atoms with Gasteiger partial charge in [0, 0.05) is 17.8 Å². The number of methoxy groups -OCH3 is 1. The van der Waals surface area contributed by atoms with Gasteiger partial charge in [-0.3, -0.25) is 4.79 Å². The second-order valence-electron chi connectivity index (χ2n) is 8.59. The summed E-state index contributed by atoms with van der Waals surface area (Å²) in [6.07, 6.45) is 1.17. The highest BCUT2D eigenvalue weighted by Gasteiger charge is 2.35. The molecule has 0 spiro atoms. The summed E-state index contributed by atoms with van der Waals surface area (Å²) < 4.78 is 10.7. The highest BCUT2D eigenvalue weighted by Crippen LogP contribution is 2.38. The smallest absolute Gasteiger partial charge is 0.229 e. The van der Waals surface area contributed by atoms with Crippen molar-refractivity contribution in [2.75, 3.05) is 24.4 Å². The van der Waals surface area contributed by atoms with E-state index in [1.807, 2.05) is 55.5 Å². The number of carbonyl (C=O) groups excluding carboxylic acids is 1. The number of fused-ring (bicyclic) bond motifs is 1. The van der Waals surface area contributed by atoms with Gasteiger partial charge in [-0.05, 0) is 67.3 Å². The molecule has 2 N–H and O–H groups in total. The number of nitrogens with zero attached hydrogens (tertiary/aromatic N) is 2. The molecule has 0 bridgehead atoms. The Bertz CT molecular complexity index is 1110. The first-order valence-electron chi connectivity index (χ1n) is 10.7. The van der Waals surface area contributed by atoms with Gasteiger partial charge in [0.2, 0.25) is 5.95 Å². The number of hydrogen-bond donors (Lipinski definition) is 2. The van der Waals surface area contributed by atoms with Crippen LogP contribution in [0.3, 0.4) is 0 Å². The molecule has 0 atom stereocenters. The first-order chi connectivity index (χ1) is 15.4. The van der Waals surface area contributed by atoms with Crippen molar-refractivity contribution < 1.29 is 14.3 Å². The normalized spacial score (nSPS) is 14.4. The third-order valence-electron chi connectivity index (χ3n) is 5.32. The molecule has 0 fully saturated rings. The first kappa shape index (κ1) is 21.6. The molecule has 7 heteroatoms. The summed E-state index contributed by atoms with van der Waals surface area (Å²) in [6.45, 7) is 6.73. The second-order valence-corrected chi connectivity index (χ2v) is 8.59. The predicted octanol–water partition coefficient (Wildman–Crippen LogP) is 5.53. The van der Waals surface area contributed by atoms with Gasteiger partial charge in [0.15, 0.2) is 5.78 Å². The number of rotatable bonds is 7. The lowest BCUT2D eigenvalue weighted by molar-refractivity contribution is 0.0911. The summed E-state index contributed by atoms with van der Waals surface area (Å²) in [4.78, 5) is 22.4. The maximum absolute atomic E-state index is 13.0. The third-order valence-corrected chi connectivity index (χ3v) is 5.32. The summed E-state index contributed by atoms with van der Waals surface area (Å²) in [5.41, 5.74) is 2.83. The van der Waals surface area contributed by atoms with Crippen LogP contribution in [0.25, 0.3) is 0 Å². The minimum absolute atomic E-state index is 0.0562. The molecule has 1 aliphatic carbocycles. The van der Waals surface area contributed by atoms with Crippen molar-refractivity contribution >= 4 is 28.9 Å². The van der Waals surface area contributed by atoms with Gasteiger partial charge < -0.3 is 20.1 Å². The number of nitrogens with one attached hydrogen (secondary N) is 2. The van der Waals surface area contributed by atoms with Gasteiger partial charge in [0.1, 0.15) is 17.3 Å². The summed E-state index contributed by atoms with van der Waals surface area (Å²) in [7, 11) is 1.63. The van der Waals surface area contributed by atoms with Crippen LogP contribution in [0.2, 0.25) is 0 Å². The van der Waals surface area contributed by atoms with Crippen LogP contribution in [-0.4, -0.2) is 29.5 Å². The first-order valence-corrected chi connectivity index (χ1v) is 10.7. The molecular weight excluding hydrogens is 404 g/mol. The highest BCUT2D eigenvalue weighted by atomic mass is 16.5. The zero-order valence-corrected chi connectivity index (χ0v) is 18.9. The molecule has 7 nitrogen and oxygen atoms in total. The van der Waals surface area contributed by atoms with Crippen LogP contribution >= 0.6 is 0 Å². The SMILES string of the molecule is CCOc1ccc(Nc2nc(Nc3ccc(OC)cc3)nc3c2C(=O)CC(C)(C)C3)cc1. The standard InChI is InChI=1S/C25H28N4O3/c1-5-32-19-12-8-16(9-13-19)26-23-22-20(14-25(2,3)15-21(22)30)28-24(29-23)27-17-6-10-18(31-4)11-7-17/h6-13H,5,14-15H2,1-4H3,(H2,26,27,28,29). The number of aromatic nitrogens is 2. The minimum Gasteiger partial charge on any atom is -0.497 e. The maximum Gasteiger partial charge on any atom is 0.229 e. The molecule has 2 aromatic carbocycles. The molecule has 3 aromatic rings. The molecule has 0 unspecified atom stereocenters. The Morgan fingerprint density at radius 1 is 0.906 bits per heavy atom. The van der Waals surface area contributed by atoms with Crippen LogP contribution in [-0.2, 0) is 6.42 Å². The molecule has 1 heterocycles. The Morgan fingerprint density at radius 3 is 2.16 bits per heavy atom. The van der Waals surface area contributed by atoms with E-state index >= 15 is 0 Å². The van der Waals surface area contributed by atoms with Crippen molar-refractivity contribution in [2.24, 2.45) is 5.41 Å². The van der Waals surface area contributed by atoms with Crippen molar-refractivity contribution in [2.45, 2.75) is 33.6 Å². The average Bonchev–Trinajstić information content (AvgIpc) is 2.74. The number of benzene rings is 2. The van der Waals surface area contributed by atoms with Gasteiger partial charge in [0.25, 0.3) is 0 Å². The fourth-order valence-corrected chi connectivity index (χ4v) is 3.85. The lowest BCUT2D eigenvalue weighted by Gasteiger charge is -2.30. The van der Waals surface area contributed by atoms with Gasteiger partial charge in [-0.2, -0.15) is 4.98 Å². The summed E-state index contributed by atoms with van der Waals surface area (Å²) in [5.74, 6) is 2.57. The van der Waals surface area contributed by atoms with Crippen LogP contribution in [0, 0.1) is 5.41 Å². The molecule has 32 heavy (non-hydrogen) atoms. The Balaban J connectivity index is 1.69. The lowest BCUT2D eigenvalue weighted by Crippen LogP contribution is -2.29. The quantitative estimate of drug-likeness (QED) is 0.508. The van der Waals surface area contributed by atoms with E-state index < -0.39 is 0 Å². The van der Waals surface area contributed by atoms with E-state index in [4.69, 9.17) is 14.5 Å². The summed E-state index contributed by atoms with van der Waals surface area (Å²) >= 11 is 0. The topological polar surface area (TPSA) is 85.4 Å². The molecule has 166 valence electrons. The van der Waals surface area contributed by atoms with E-state index in [2.05, 4.69) is 29.5 Å². The summed E-state index contributed by atoms with van der Waals surface area (Å²) in [5, 5.41) is 6.57.